The Morgan fingerprint density at radius 3 is 1.96 bits per heavy atom. The number of aliphatic hydroxyl groups is 1. The third-order valence-corrected chi connectivity index (χ3v) is 5.98. The van der Waals surface area contributed by atoms with E-state index in [2.05, 4.69) is 0 Å². The van der Waals surface area contributed by atoms with Crippen LogP contribution in [0.1, 0.15) is 21.5 Å². The van der Waals surface area contributed by atoms with E-state index in [1.165, 1.54) is 42.5 Å². The van der Waals surface area contributed by atoms with Crippen LogP contribution in [0.2, 0.25) is 0 Å². The Hall–Kier alpha value is -3.09. The van der Waals surface area contributed by atoms with Crippen LogP contribution in [0.25, 0.3) is 12.2 Å². The van der Waals surface area contributed by atoms with E-state index in [9.17, 15) is 17.6 Å². The molecule has 0 atom stereocenters. The molecule has 0 aromatic heterocycles. The van der Waals surface area contributed by atoms with E-state index in [4.69, 9.17) is 5.11 Å². The van der Waals surface area contributed by atoms with E-state index in [1.807, 2.05) is 0 Å². The summed E-state index contributed by atoms with van der Waals surface area (Å²) in [6.45, 7) is -0.764. The summed E-state index contributed by atoms with van der Waals surface area (Å²) in [6.07, 6.45) is 3.57. The Morgan fingerprint density at radius 2 is 1.39 bits per heavy atom. The van der Waals surface area contributed by atoms with Crippen LogP contribution in [0.4, 0.5) is 4.39 Å². The average molecular weight is 396 g/mol. The van der Waals surface area contributed by atoms with Gasteiger partial charge in [-0.2, -0.15) is 0 Å². The number of hydrogen-bond acceptors (Lipinski definition) is 4. The molecule has 4 nitrogen and oxygen atoms in total. The first kappa shape index (κ1) is 19.7. The number of sulfone groups is 1. The Balaban J connectivity index is 1.89. The van der Waals surface area contributed by atoms with Gasteiger partial charge < -0.3 is 5.11 Å². The number of ketones is 1. The molecule has 0 unspecified atom stereocenters. The molecule has 0 aliphatic heterocycles. The van der Waals surface area contributed by atoms with Crippen LogP contribution in [0.5, 0.6) is 0 Å². The lowest BCUT2D eigenvalue weighted by Crippen LogP contribution is -2.12. The number of hydrogen-bond donors (Lipinski definition) is 1. The highest BCUT2D eigenvalue weighted by Gasteiger charge is 2.23. The lowest BCUT2D eigenvalue weighted by atomic mass is 10.1. The van der Waals surface area contributed by atoms with Crippen molar-refractivity contribution in [2.45, 2.75) is 9.79 Å². The lowest BCUT2D eigenvalue weighted by Gasteiger charge is -2.09. The summed E-state index contributed by atoms with van der Waals surface area (Å²) in [4.78, 5) is 11.8. The van der Waals surface area contributed by atoms with Gasteiger partial charge in [-0.05, 0) is 47.5 Å². The molecule has 0 heterocycles. The summed E-state index contributed by atoms with van der Waals surface area (Å²) < 4.78 is 38.8. The maximum Gasteiger partial charge on any atom is 0.207 e. The van der Waals surface area contributed by atoms with Crippen molar-refractivity contribution in [3.8, 4) is 0 Å². The second kappa shape index (κ2) is 8.29. The fourth-order valence-corrected chi connectivity index (χ4v) is 4.15. The zero-order valence-electron chi connectivity index (χ0n) is 14.7. The van der Waals surface area contributed by atoms with Crippen LogP contribution in [0.15, 0.2) is 82.6 Å². The van der Waals surface area contributed by atoms with Gasteiger partial charge in [0, 0.05) is 5.56 Å². The van der Waals surface area contributed by atoms with Gasteiger partial charge in [0.25, 0.3) is 0 Å². The minimum Gasteiger partial charge on any atom is -0.388 e. The van der Waals surface area contributed by atoms with E-state index in [1.54, 1.807) is 42.5 Å². The highest BCUT2D eigenvalue weighted by molar-refractivity contribution is 7.91. The molecule has 3 aromatic carbocycles. The molecule has 0 amide bonds. The Labute approximate surface area is 162 Å². The largest absolute Gasteiger partial charge is 0.388 e. The zero-order chi connectivity index (χ0) is 20.1. The molecule has 3 rings (SSSR count). The number of carbonyl (C=O) groups excluding carboxylic acids is 1. The van der Waals surface area contributed by atoms with E-state index in [0.29, 0.717) is 0 Å². The number of aliphatic hydroxyl groups excluding tert-OH is 1. The third-order valence-electron chi connectivity index (χ3n) is 4.15. The summed E-state index contributed by atoms with van der Waals surface area (Å²) in [6, 6.07) is 18.0. The van der Waals surface area contributed by atoms with Crippen LogP contribution in [0.3, 0.4) is 0 Å². The van der Waals surface area contributed by atoms with Crippen LogP contribution in [-0.2, 0) is 9.84 Å². The summed E-state index contributed by atoms with van der Waals surface area (Å²) in [5.41, 5.74) is 1.54. The first-order valence-corrected chi connectivity index (χ1v) is 9.92. The maximum atomic E-state index is 12.9. The Kier molecular flexibility index (Phi) is 5.82. The Bertz CT molecular complexity index is 1120. The zero-order valence-corrected chi connectivity index (χ0v) is 15.6. The molecule has 3 aromatic rings. The van der Waals surface area contributed by atoms with E-state index in [0.717, 1.165) is 11.1 Å². The molecule has 0 aliphatic rings. The summed E-state index contributed by atoms with van der Waals surface area (Å²) in [7, 11) is -3.91. The van der Waals surface area contributed by atoms with Crippen LogP contribution < -0.4 is 0 Å². The molecule has 0 spiro atoms. The van der Waals surface area contributed by atoms with Gasteiger partial charge in [-0.3, -0.25) is 4.79 Å². The first-order chi connectivity index (χ1) is 13.4. The molecule has 28 heavy (non-hydrogen) atoms. The maximum absolute atomic E-state index is 12.9. The van der Waals surface area contributed by atoms with Crippen molar-refractivity contribution in [1.29, 1.82) is 0 Å². The Morgan fingerprint density at radius 1 is 0.857 bits per heavy atom. The van der Waals surface area contributed by atoms with Crippen molar-refractivity contribution in [2.75, 3.05) is 6.61 Å². The number of benzene rings is 3. The van der Waals surface area contributed by atoms with Crippen molar-refractivity contribution in [3.05, 3.63) is 95.3 Å². The van der Waals surface area contributed by atoms with Crippen molar-refractivity contribution >= 4 is 27.8 Å². The number of halogens is 1. The summed E-state index contributed by atoms with van der Waals surface area (Å²) in [5, 5.41) is 9.08. The lowest BCUT2D eigenvalue weighted by molar-refractivity contribution is 0.0900. The summed E-state index contributed by atoms with van der Waals surface area (Å²) >= 11 is 0. The van der Waals surface area contributed by atoms with E-state index in [-0.39, 0.29) is 21.2 Å². The molecule has 0 saturated heterocycles. The molecule has 1 N–H and O–H groups in total. The van der Waals surface area contributed by atoms with Gasteiger partial charge in [0.15, 0.2) is 5.78 Å². The molecule has 142 valence electrons. The van der Waals surface area contributed by atoms with Crippen LogP contribution >= 0.6 is 0 Å². The molecular formula is C22H17FO4S. The van der Waals surface area contributed by atoms with Crippen molar-refractivity contribution in [1.82, 2.24) is 0 Å². The predicted octanol–water partition coefficient (Wildman–Crippen LogP) is 4.00. The third kappa shape index (κ3) is 4.24. The highest BCUT2D eigenvalue weighted by Crippen LogP contribution is 2.25. The van der Waals surface area contributed by atoms with Crippen molar-refractivity contribution in [3.63, 3.8) is 0 Å². The van der Waals surface area contributed by atoms with Crippen LogP contribution in [0, 0.1) is 5.82 Å². The normalized spacial score (nSPS) is 11.6. The van der Waals surface area contributed by atoms with Gasteiger partial charge in [0.1, 0.15) is 12.4 Å². The second-order valence-corrected chi connectivity index (χ2v) is 7.95. The molecule has 0 fully saturated rings. The van der Waals surface area contributed by atoms with Gasteiger partial charge in [0.05, 0.1) is 9.79 Å². The smallest absolute Gasteiger partial charge is 0.207 e. The van der Waals surface area contributed by atoms with E-state index < -0.39 is 22.2 Å². The predicted molar refractivity (Wildman–Crippen MR) is 105 cm³/mol. The van der Waals surface area contributed by atoms with Crippen molar-refractivity contribution < 1.29 is 22.7 Å². The minimum absolute atomic E-state index is 0.0368. The minimum atomic E-state index is -3.91. The summed E-state index contributed by atoms with van der Waals surface area (Å²) in [5.74, 6) is -0.968. The molecule has 0 bridgehead atoms. The average Bonchev–Trinajstić information content (AvgIpc) is 2.73. The molecule has 6 heteroatoms. The molecule has 0 radical (unpaired) electrons. The van der Waals surface area contributed by atoms with Crippen molar-refractivity contribution in [2.24, 2.45) is 0 Å². The molecule has 0 aliphatic carbocycles. The van der Waals surface area contributed by atoms with Gasteiger partial charge >= 0.3 is 0 Å². The molecular weight excluding hydrogens is 379 g/mol. The second-order valence-electron chi connectivity index (χ2n) is 6.03. The first-order valence-electron chi connectivity index (χ1n) is 8.44. The van der Waals surface area contributed by atoms with Crippen LogP contribution in [-0.4, -0.2) is 25.9 Å². The van der Waals surface area contributed by atoms with E-state index >= 15 is 0 Å². The fraction of sp³-hybridized carbons (Fsp3) is 0.0455. The SMILES string of the molecule is O=C(CO)c1ccccc1S(=O)(=O)c1ccc(/C=C/c2ccc(F)cc2)cc1. The van der Waals surface area contributed by atoms with Gasteiger partial charge in [-0.1, -0.05) is 48.6 Å². The standard InChI is InChI=1S/C22H17FO4S/c23-18-11-7-16(8-12-18)5-6-17-9-13-19(14-10-17)28(26,27)22-4-2-1-3-20(22)21(25)15-24/h1-14,24H,15H2/b6-5+. The monoisotopic (exact) mass is 396 g/mol. The number of carbonyl (C=O) groups is 1. The number of Topliss-reactive ketones (excluding diaryl/α,β-unsaturated/α-hetero) is 1. The topological polar surface area (TPSA) is 71.4 Å². The quantitative estimate of drug-likeness (QED) is 0.505. The highest BCUT2D eigenvalue weighted by atomic mass is 32.2. The van der Waals surface area contributed by atoms with Gasteiger partial charge in [-0.25, -0.2) is 12.8 Å². The number of rotatable bonds is 6. The van der Waals surface area contributed by atoms with Gasteiger partial charge in [-0.15, -0.1) is 0 Å². The fourth-order valence-electron chi connectivity index (χ4n) is 2.67. The molecule has 0 saturated carbocycles. The van der Waals surface area contributed by atoms with Gasteiger partial charge in [0.2, 0.25) is 9.84 Å².